The number of aromatic nitrogens is 1. The Kier molecular flexibility index (Phi) is 4.26. The molecule has 4 bridgehead atoms. The Morgan fingerprint density at radius 2 is 2.19 bits per heavy atom. The molecule has 2 aliphatic carbocycles. The average Bonchev–Trinajstić information content (AvgIpc) is 3.25. The van der Waals surface area contributed by atoms with Crippen LogP contribution in [-0.4, -0.2) is 34.8 Å². The predicted octanol–water partition coefficient (Wildman–Crippen LogP) is 2.62. The molecule has 2 saturated carbocycles. The van der Waals surface area contributed by atoms with Crippen molar-refractivity contribution in [3.63, 3.8) is 0 Å². The molecule has 3 atom stereocenters. The lowest BCUT2D eigenvalue weighted by Gasteiger charge is -2.55. The van der Waals surface area contributed by atoms with E-state index in [0.717, 1.165) is 61.4 Å². The highest BCUT2D eigenvalue weighted by atomic mass is 32.1. The number of aryl methyl sites for hydroxylation is 1. The minimum atomic E-state index is -0.565. The zero-order valence-electron chi connectivity index (χ0n) is 15.8. The van der Waals surface area contributed by atoms with E-state index >= 15 is 0 Å². The van der Waals surface area contributed by atoms with E-state index in [-0.39, 0.29) is 12.2 Å². The average molecular weight is 388 g/mol. The maximum absolute atomic E-state index is 9.99. The van der Waals surface area contributed by atoms with Gasteiger partial charge in [-0.25, -0.2) is 0 Å². The van der Waals surface area contributed by atoms with Crippen molar-refractivity contribution < 1.29 is 9.47 Å². The van der Waals surface area contributed by atoms with Crippen LogP contribution in [0.2, 0.25) is 0 Å². The number of nitrogens with one attached hydrogen (secondary N) is 1. The summed E-state index contributed by atoms with van der Waals surface area (Å²) in [4.78, 5) is 1.96. The lowest BCUT2D eigenvalue weighted by Crippen LogP contribution is -2.62. The molecule has 27 heavy (non-hydrogen) atoms. The fourth-order valence-electron chi connectivity index (χ4n) is 5.82. The molecule has 1 N–H and O–H groups in total. The van der Waals surface area contributed by atoms with E-state index in [1.807, 2.05) is 0 Å². The highest BCUT2D eigenvalue weighted by Gasteiger charge is 2.57. The summed E-state index contributed by atoms with van der Waals surface area (Å²) in [5.41, 5.74) is -0.565. The number of thiazole rings is 1. The Labute approximate surface area is 163 Å². The summed E-state index contributed by atoms with van der Waals surface area (Å²) in [6.45, 7) is 3.62. The van der Waals surface area contributed by atoms with Crippen molar-refractivity contribution >= 4 is 17.2 Å². The molecule has 5 fully saturated rings. The summed E-state index contributed by atoms with van der Waals surface area (Å²) < 4.78 is 15.8. The van der Waals surface area contributed by atoms with Gasteiger partial charge < -0.3 is 9.47 Å². The van der Waals surface area contributed by atoms with Crippen LogP contribution in [0.5, 0.6) is 0 Å². The Bertz CT molecular complexity index is 836. The second kappa shape index (κ2) is 6.54. The molecule has 0 radical (unpaired) electrons. The Hall–Kier alpha value is -1.49. The van der Waals surface area contributed by atoms with Crippen molar-refractivity contribution in [2.75, 3.05) is 6.61 Å². The van der Waals surface area contributed by atoms with E-state index in [1.165, 1.54) is 11.0 Å². The molecule has 0 amide bonds. The van der Waals surface area contributed by atoms with Gasteiger partial charge in [0.2, 0.25) is 5.84 Å². The standard InChI is InChI=1S/C20H27N4O2S/c1-13-10-23(11-16-3-2-4-25-16)19(27-13)24(12-21)18(22)20-8-14-5-15(9-20)7-17(6-14)26-20/h10,14-17,22H,2-9,11H2,1H3/q+1/t14?,15?,16-,17?,20?/m1/s1. The molecule has 3 saturated heterocycles. The smallest absolute Gasteiger partial charge is 0.332 e. The SMILES string of the molecule is Cc1cn(C[C@H]2CCCO2)/c(=[N+](/C#N)C(=N)C23CC4CC(CC(C4)O2)C3)s1. The van der Waals surface area contributed by atoms with Gasteiger partial charge in [-0.2, -0.15) is 5.41 Å². The summed E-state index contributed by atoms with van der Waals surface area (Å²) >= 11 is 1.58. The van der Waals surface area contributed by atoms with E-state index in [2.05, 4.69) is 23.9 Å². The topological polar surface area (TPSA) is 74.0 Å². The molecule has 3 aliphatic heterocycles. The van der Waals surface area contributed by atoms with Gasteiger partial charge in [0.25, 0.3) is 4.80 Å². The molecule has 0 aromatic carbocycles. The van der Waals surface area contributed by atoms with Crippen molar-refractivity contribution in [2.45, 2.75) is 76.2 Å². The number of hydrogen-bond acceptors (Lipinski definition) is 5. The van der Waals surface area contributed by atoms with Gasteiger partial charge >= 0.3 is 6.19 Å². The summed E-state index contributed by atoms with van der Waals surface area (Å²) in [5.74, 6) is 1.65. The van der Waals surface area contributed by atoms with Crippen molar-refractivity contribution in [1.29, 1.82) is 10.7 Å². The van der Waals surface area contributed by atoms with Crippen molar-refractivity contribution in [1.82, 2.24) is 9.14 Å². The lowest BCUT2D eigenvalue weighted by atomic mass is 9.62. The fraction of sp³-hybridized carbons (Fsp3) is 0.750. The maximum Gasteiger partial charge on any atom is 0.332 e. The zero-order valence-corrected chi connectivity index (χ0v) is 16.6. The maximum atomic E-state index is 9.99. The van der Waals surface area contributed by atoms with Gasteiger partial charge in [-0.3, -0.25) is 4.57 Å². The fourth-order valence-corrected chi connectivity index (χ4v) is 6.76. The Balaban J connectivity index is 1.53. The van der Waals surface area contributed by atoms with E-state index in [1.54, 1.807) is 11.3 Å². The van der Waals surface area contributed by atoms with Gasteiger partial charge in [0.1, 0.15) is 0 Å². The van der Waals surface area contributed by atoms with Gasteiger partial charge in [0.05, 0.1) is 24.9 Å². The number of nitrogens with zero attached hydrogens (tertiary/aromatic N) is 3. The molecular weight excluding hydrogens is 360 g/mol. The molecule has 2 unspecified atom stereocenters. The number of ether oxygens (including phenoxy) is 2. The van der Waals surface area contributed by atoms with Crippen LogP contribution in [0.15, 0.2) is 6.20 Å². The molecule has 7 heteroatoms. The molecule has 6 nitrogen and oxygen atoms in total. The van der Waals surface area contributed by atoms with Crippen molar-refractivity contribution in [3.05, 3.63) is 15.9 Å². The molecule has 5 aliphatic rings. The summed E-state index contributed by atoms with van der Waals surface area (Å²) in [6, 6.07) is 0. The minimum Gasteiger partial charge on any atom is -0.375 e. The second-order valence-corrected chi connectivity index (χ2v) is 9.99. The summed E-state index contributed by atoms with van der Waals surface area (Å²) in [6.07, 6.45) is 12.4. The van der Waals surface area contributed by atoms with Gasteiger partial charge in [-0.15, -0.1) is 4.58 Å². The summed E-state index contributed by atoms with van der Waals surface area (Å²) in [5, 5.41) is 19.0. The normalized spacial score (nSPS) is 38.1. The number of hydrogen-bond donors (Lipinski definition) is 1. The van der Waals surface area contributed by atoms with Crippen LogP contribution in [0.1, 0.15) is 49.8 Å². The van der Waals surface area contributed by atoms with Crippen molar-refractivity contribution in [3.8, 4) is 6.19 Å². The van der Waals surface area contributed by atoms with Crippen LogP contribution in [0.25, 0.3) is 0 Å². The summed E-state index contributed by atoms with van der Waals surface area (Å²) in [7, 11) is 0. The van der Waals surface area contributed by atoms with Gasteiger partial charge in [-0.05, 0) is 69.0 Å². The van der Waals surface area contributed by atoms with Crippen LogP contribution in [-0.2, 0) is 16.0 Å². The first-order valence-corrected chi connectivity index (χ1v) is 11.0. The number of rotatable bonds is 3. The molecular formula is C20H27N4O2S+. The molecule has 1 aromatic heterocycles. The van der Waals surface area contributed by atoms with E-state index in [4.69, 9.17) is 14.9 Å². The number of amidine groups is 1. The Morgan fingerprint density at radius 3 is 2.81 bits per heavy atom. The first-order chi connectivity index (χ1) is 13.1. The molecule has 1 aromatic rings. The first-order valence-electron chi connectivity index (χ1n) is 10.1. The third-order valence-electron chi connectivity index (χ3n) is 6.69. The number of nitriles is 1. The molecule has 6 rings (SSSR count). The van der Waals surface area contributed by atoms with Gasteiger partial charge in [-0.1, -0.05) is 11.3 Å². The molecule has 4 heterocycles. The van der Waals surface area contributed by atoms with Gasteiger partial charge in [0.15, 0.2) is 5.60 Å². The Morgan fingerprint density at radius 1 is 1.41 bits per heavy atom. The van der Waals surface area contributed by atoms with Gasteiger partial charge in [0, 0.05) is 11.5 Å². The largest absolute Gasteiger partial charge is 0.375 e. The quantitative estimate of drug-likeness (QED) is 0.285. The predicted molar refractivity (Wildman–Crippen MR) is 102 cm³/mol. The van der Waals surface area contributed by atoms with Crippen LogP contribution in [0, 0.1) is 35.6 Å². The van der Waals surface area contributed by atoms with Crippen LogP contribution >= 0.6 is 11.3 Å². The second-order valence-electron chi connectivity index (χ2n) is 8.78. The zero-order chi connectivity index (χ0) is 18.6. The molecule has 0 spiro atoms. The highest BCUT2D eigenvalue weighted by molar-refractivity contribution is 7.09. The molecule has 144 valence electrons. The first kappa shape index (κ1) is 17.6. The van der Waals surface area contributed by atoms with Crippen LogP contribution < -0.4 is 9.38 Å². The van der Waals surface area contributed by atoms with E-state index in [0.29, 0.717) is 17.7 Å². The minimum absolute atomic E-state index is 0.202. The van der Waals surface area contributed by atoms with Crippen LogP contribution in [0.4, 0.5) is 0 Å². The third kappa shape index (κ3) is 2.98. The van der Waals surface area contributed by atoms with Crippen LogP contribution in [0.3, 0.4) is 0 Å². The van der Waals surface area contributed by atoms with Crippen molar-refractivity contribution in [2.24, 2.45) is 11.8 Å². The van der Waals surface area contributed by atoms with E-state index < -0.39 is 5.60 Å². The van der Waals surface area contributed by atoms with E-state index in [9.17, 15) is 5.26 Å². The lowest BCUT2D eigenvalue weighted by molar-refractivity contribution is -0.187. The highest BCUT2D eigenvalue weighted by Crippen LogP contribution is 2.53. The third-order valence-corrected chi connectivity index (χ3v) is 7.72. The monoisotopic (exact) mass is 387 g/mol.